The predicted octanol–water partition coefficient (Wildman–Crippen LogP) is 3.05. The molecule has 34 heavy (non-hydrogen) atoms. The van der Waals surface area contributed by atoms with Crippen molar-refractivity contribution in [2.45, 2.75) is 23.2 Å². The second-order valence-electron chi connectivity index (χ2n) is 8.39. The van der Waals surface area contributed by atoms with E-state index in [1.165, 1.54) is 27.4 Å². The molecule has 1 atom stereocenters. The predicted molar refractivity (Wildman–Crippen MR) is 122 cm³/mol. The number of nitrogens with zero attached hydrogens (tertiary/aromatic N) is 2. The van der Waals surface area contributed by atoms with E-state index >= 15 is 0 Å². The number of fused-ring (bicyclic) bond motifs is 4. The molecule has 1 amide bonds. The molecule has 3 aromatic rings. The van der Waals surface area contributed by atoms with Gasteiger partial charge in [0.25, 0.3) is 5.91 Å². The zero-order valence-electron chi connectivity index (χ0n) is 17.8. The van der Waals surface area contributed by atoms with E-state index in [-0.39, 0.29) is 18.1 Å². The van der Waals surface area contributed by atoms with Gasteiger partial charge in [0, 0.05) is 34.4 Å². The molecule has 7 nitrogen and oxygen atoms in total. The largest absolute Gasteiger partial charge is 0.502 e. The highest BCUT2D eigenvalue weighted by Crippen LogP contribution is 2.40. The molecule has 10 heteroatoms. The highest BCUT2D eigenvalue weighted by Gasteiger charge is 2.38. The Morgan fingerprint density at radius 3 is 2.85 bits per heavy atom. The van der Waals surface area contributed by atoms with Crippen molar-refractivity contribution in [3.05, 3.63) is 80.6 Å². The first-order valence-corrected chi connectivity index (χ1v) is 11.8. The fourth-order valence-corrected chi connectivity index (χ4v) is 5.93. The van der Waals surface area contributed by atoms with Crippen LogP contribution in [0.25, 0.3) is 11.3 Å². The van der Waals surface area contributed by atoms with Gasteiger partial charge in [-0.3, -0.25) is 9.59 Å². The minimum Gasteiger partial charge on any atom is -0.502 e. The Kier molecular flexibility index (Phi) is 4.89. The van der Waals surface area contributed by atoms with Crippen molar-refractivity contribution in [3.8, 4) is 17.0 Å². The fraction of sp³-hybridized carbons (Fsp3) is 0.250. The molecule has 1 aromatic heterocycles. The molecule has 1 fully saturated rings. The number of benzene rings is 2. The van der Waals surface area contributed by atoms with Gasteiger partial charge in [-0.05, 0) is 29.7 Å². The number of aromatic hydroxyl groups is 1. The molecule has 0 aliphatic carbocycles. The van der Waals surface area contributed by atoms with Gasteiger partial charge in [-0.15, -0.1) is 11.8 Å². The standard InChI is InChI=1S/C24H19F2N3O4S/c25-16-5-4-12-8-14-13(2-1-3-19(14)34-11-15(12)21(16)26)17-9-18(30)23(31)22-24(32)28-6-7-33-10-20(28)27-29(17)22/h1-5,9,20,27,31H,6-8,10-11H2/t20-/m0/s1. The lowest BCUT2D eigenvalue weighted by Crippen LogP contribution is -2.59. The molecule has 2 N–H and O–H groups in total. The van der Waals surface area contributed by atoms with Crippen LogP contribution in [0.1, 0.15) is 27.2 Å². The normalized spacial score (nSPS) is 18.8. The summed E-state index contributed by atoms with van der Waals surface area (Å²) in [5, 5.41) is 10.5. The fourth-order valence-electron chi connectivity index (χ4n) is 4.79. The van der Waals surface area contributed by atoms with Gasteiger partial charge in [0.15, 0.2) is 23.1 Å². The van der Waals surface area contributed by atoms with Crippen LogP contribution in [0.3, 0.4) is 0 Å². The number of hydrogen-bond acceptors (Lipinski definition) is 6. The van der Waals surface area contributed by atoms with E-state index in [2.05, 4.69) is 5.43 Å². The summed E-state index contributed by atoms with van der Waals surface area (Å²) in [5.41, 5.74) is 5.27. The van der Waals surface area contributed by atoms with Crippen molar-refractivity contribution in [3.63, 3.8) is 0 Å². The Morgan fingerprint density at radius 2 is 2.00 bits per heavy atom. The number of pyridine rings is 1. The number of aromatic nitrogens is 1. The summed E-state index contributed by atoms with van der Waals surface area (Å²) in [6.07, 6.45) is -0.133. The average molecular weight is 483 g/mol. The monoisotopic (exact) mass is 483 g/mol. The van der Waals surface area contributed by atoms with Crippen LogP contribution < -0.4 is 10.9 Å². The molecule has 3 aliphatic rings. The number of rotatable bonds is 1. The second-order valence-corrected chi connectivity index (χ2v) is 9.41. The van der Waals surface area contributed by atoms with Crippen LogP contribution >= 0.6 is 11.8 Å². The first-order valence-electron chi connectivity index (χ1n) is 10.8. The van der Waals surface area contributed by atoms with Crippen molar-refractivity contribution in [1.29, 1.82) is 0 Å². The van der Waals surface area contributed by atoms with Crippen LogP contribution in [0.2, 0.25) is 0 Å². The Morgan fingerprint density at radius 1 is 1.15 bits per heavy atom. The van der Waals surface area contributed by atoms with E-state index in [0.29, 0.717) is 42.0 Å². The van der Waals surface area contributed by atoms with Gasteiger partial charge in [0.05, 0.1) is 18.9 Å². The van der Waals surface area contributed by atoms with Crippen LogP contribution in [0.4, 0.5) is 8.78 Å². The summed E-state index contributed by atoms with van der Waals surface area (Å²) in [7, 11) is 0. The molecule has 0 radical (unpaired) electrons. The van der Waals surface area contributed by atoms with Crippen molar-refractivity contribution in [2.75, 3.05) is 25.2 Å². The van der Waals surface area contributed by atoms with Gasteiger partial charge in [0.2, 0.25) is 5.43 Å². The highest BCUT2D eigenvalue weighted by molar-refractivity contribution is 7.98. The van der Waals surface area contributed by atoms with Gasteiger partial charge in [-0.25, -0.2) is 13.5 Å². The summed E-state index contributed by atoms with van der Waals surface area (Å²) in [6, 6.07) is 9.53. The molecule has 3 aliphatic heterocycles. The number of nitrogens with one attached hydrogen (secondary N) is 1. The van der Waals surface area contributed by atoms with E-state index in [1.807, 2.05) is 18.2 Å². The molecule has 0 saturated carbocycles. The molecular weight excluding hydrogens is 464 g/mol. The highest BCUT2D eigenvalue weighted by atomic mass is 32.2. The minimum absolute atomic E-state index is 0.131. The zero-order valence-corrected chi connectivity index (χ0v) is 18.6. The summed E-state index contributed by atoms with van der Waals surface area (Å²) in [6.45, 7) is 0.970. The second kappa shape index (κ2) is 7.85. The van der Waals surface area contributed by atoms with Crippen molar-refractivity contribution < 1.29 is 23.4 Å². The van der Waals surface area contributed by atoms with Crippen molar-refractivity contribution in [2.24, 2.45) is 0 Å². The Balaban J connectivity index is 1.55. The molecule has 2 aromatic carbocycles. The summed E-state index contributed by atoms with van der Waals surface area (Å²) in [4.78, 5) is 28.3. The molecule has 0 bridgehead atoms. The van der Waals surface area contributed by atoms with E-state index in [4.69, 9.17) is 4.74 Å². The number of thioether (sulfide) groups is 1. The Bertz CT molecular complexity index is 1420. The number of carbonyl (C=O) groups is 1. The maximum absolute atomic E-state index is 14.5. The first kappa shape index (κ1) is 21.2. The third-order valence-corrected chi connectivity index (χ3v) is 7.63. The van der Waals surface area contributed by atoms with E-state index in [9.17, 15) is 23.5 Å². The number of amides is 1. The SMILES string of the molecule is O=C1c2c(O)c(=O)cc(-c3cccc4c3Cc3ccc(F)c(F)c3CS4)n2N[C@@H]2COCCN12. The van der Waals surface area contributed by atoms with Crippen LogP contribution in [-0.2, 0) is 16.9 Å². The smallest absolute Gasteiger partial charge is 0.278 e. The lowest BCUT2D eigenvalue weighted by Gasteiger charge is -2.42. The number of hydrogen-bond donors (Lipinski definition) is 2. The lowest BCUT2D eigenvalue weighted by molar-refractivity contribution is -0.00300. The third kappa shape index (κ3) is 3.13. The summed E-state index contributed by atoms with van der Waals surface area (Å²) < 4.78 is 35.3. The number of morpholine rings is 1. The van der Waals surface area contributed by atoms with Crippen LogP contribution in [0.15, 0.2) is 46.1 Å². The lowest BCUT2D eigenvalue weighted by atomic mass is 9.94. The quantitative estimate of drug-likeness (QED) is 0.554. The van der Waals surface area contributed by atoms with Gasteiger partial charge in [-0.1, -0.05) is 18.2 Å². The number of ether oxygens (including phenoxy) is 1. The van der Waals surface area contributed by atoms with Gasteiger partial charge in [0.1, 0.15) is 6.17 Å². The van der Waals surface area contributed by atoms with Crippen molar-refractivity contribution in [1.82, 2.24) is 9.58 Å². The van der Waals surface area contributed by atoms with E-state index in [0.717, 1.165) is 16.5 Å². The zero-order chi connectivity index (χ0) is 23.6. The maximum Gasteiger partial charge on any atom is 0.278 e. The molecular formula is C24H19F2N3O4S. The topological polar surface area (TPSA) is 83.8 Å². The summed E-state index contributed by atoms with van der Waals surface area (Å²) >= 11 is 1.39. The molecule has 1 saturated heterocycles. The van der Waals surface area contributed by atoms with E-state index in [1.54, 1.807) is 6.07 Å². The van der Waals surface area contributed by atoms with Crippen LogP contribution in [-0.4, -0.2) is 46.5 Å². The molecule has 6 rings (SSSR count). The van der Waals surface area contributed by atoms with Crippen LogP contribution in [0.5, 0.6) is 5.75 Å². The van der Waals surface area contributed by atoms with Gasteiger partial charge < -0.3 is 20.2 Å². The maximum atomic E-state index is 14.5. The van der Waals surface area contributed by atoms with Crippen molar-refractivity contribution >= 4 is 17.7 Å². The van der Waals surface area contributed by atoms with Gasteiger partial charge in [-0.2, -0.15) is 0 Å². The molecule has 4 heterocycles. The molecule has 174 valence electrons. The van der Waals surface area contributed by atoms with Gasteiger partial charge >= 0.3 is 0 Å². The first-order chi connectivity index (χ1) is 16.4. The number of halogens is 2. The molecule has 0 spiro atoms. The van der Waals surface area contributed by atoms with E-state index < -0.39 is 34.9 Å². The minimum atomic E-state index is -0.883. The Hall–Kier alpha value is -3.37. The van der Waals surface area contributed by atoms with Crippen LogP contribution in [0, 0.1) is 11.6 Å². The third-order valence-electron chi connectivity index (χ3n) is 6.50. The molecule has 0 unspecified atom stereocenters. The average Bonchev–Trinajstić information content (AvgIpc) is 3.03. The summed E-state index contributed by atoms with van der Waals surface area (Å²) in [5.74, 6) is -2.53. The Labute approximate surface area is 196 Å². The number of carbonyl (C=O) groups excluding carboxylic acids is 1.